The maximum atomic E-state index is 12.9. The van der Waals surface area contributed by atoms with Gasteiger partial charge in [0.25, 0.3) is 5.82 Å². The van der Waals surface area contributed by atoms with Crippen molar-refractivity contribution in [2.45, 2.75) is 25.1 Å². The van der Waals surface area contributed by atoms with Gasteiger partial charge in [-0.1, -0.05) is 0 Å². The molecular weight excluding hydrogens is 297 g/mol. The zero-order chi connectivity index (χ0) is 15.5. The maximum Gasteiger partial charge on any atom is 0.453 e. The highest BCUT2D eigenvalue weighted by Crippen LogP contribution is 2.38. The molecule has 3 heterocycles. The molecule has 1 aliphatic heterocycles. The predicted octanol–water partition coefficient (Wildman–Crippen LogP) is 1.32. The number of hydrogen-bond donors (Lipinski definition) is 1. The summed E-state index contributed by atoms with van der Waals surface area (Å²) >= 11 is 0. The van der Waals surface area contributed by atoms with Crippen LogP contribution < -0.4 is 10.6 Å². The Labute approximate surface area is 124 Å². The van der Waals surface area contributed by atoms with Gasteiger partial charge in [0.05, 0.1) is 0 Å². The van der Waals surface area contributed by atoms with E-state index < -0.39 is 12.0 Å². The number of aromatic nitrogens is 4. The third-order valence-corrected chi connectivity index (χ3v) is 4.74. The number of halogens is 3. The number of alkyl halides is 3. The van der Waals surface area contributed by atoms with E-state index in [1.807, 2.05) is 4.90 Å². The Balaban J connectivity index is 1.68. The van der Waals surface area contributed by atoms with Gasteiger partial charge >= 0.3 is 6.18 Å². The average Bonchev–Trinajstić information content (AvgIpc) is 3.13. The van der Waals surface area contributed by atoms with Gasteiger partial charge < -0.3 is 10.6 Å². The second-order valence-corrected chi connectivity index (χ2v) is 6.05. The molecule has 2 N–H and O–H groups in total. The summed E-state index contributed by atoms with van der Waals surface area (Å²) in [6.45, 7) is 1.54. The summed E-state index contributed by atoms with van der Waals surface area (Å²) in [4.78, 5) is 2.01. The number of rotatable bonds is 1. The SMILES string of the molecule is NC1CCC2CN(c3ccc4nnc(C(F)(F)F)n4n3)CC12. The van der Waals surface area contributed by atoms with Crippen molar-refractivity contribution in [3.63, 3.8) is 0 Å². The van der Waals surface area contributed by atoms with Gasteiger partial charge in [-0.25, -0.2) is 0 Å². The Bertz CT molecular complexity index is 711. The van der Waals surface area contributed by atoms with Crippen molar-refractivity contribution in [2.75, 3.05) is 18.0 Å². The highest BCUT2D eigenvalue weighted by molar-refractivity contribution is 5.47. The van der Waals surface area contributed by atoms with Gasteiger partial charge in [-0.15, -0.1) is 15.3 Å². The van der Waals surface area contributed by atoms with Gasteiger partial charge in [-0.2, -0.15) is 17.7 Å². The molecule has 2 aliphatic rings. The number of fused-ring (bicyclic) bond motifs is 2. The molecule has 2 aromatic rings. The molecule has 2 fully saturated rings. The molecule has 1 saturated carbocycles. The number of nitrogens with zero attached hydrogens (tertiary/aromatic N) is 5. The minimum absolute atomic E-state index is 0.0900. The molecule has 9 heteroatoms. The van der Waals surface area contributed by atoms with Gasteiger partial charge in [-0.05, 0) is 36.8 Å². The van der Waals surface area contributed by atoms with Crippen LogP contribution in [0.25, 0.3) is 5.65 Å². The molecule has 118 valence electrons. The van der Waals surface area contributed by atoms with Gasteiger partial charge in [0.1, 0.15) is 5.82 Å². The largest absolute Gasteiger partial charge is 0.453 e. The molecule has 0 aromatic carbocycles. The third-order valence-electron chi connectivity index (χ3n) is 4.74. The smallest absolute Gasteiger partial charge is 0.355 e. The molecule has 0 amide bonds. The highest BCUT2D eigenvalue weighted by atomic mass is 19.4. The quantitative estimate of drug-likeness (QED) is 0.860. The van der Waals surface area contributed by atoms with Crippen LogP contribution in [0, 0.1) is 11.8 Å². The fraction of sp³-hybridized carbons (Fsp3) is 0.615. The van der Waals surface area contributed by atoms with E-state index >= 15 is 0 Å². The van der Waals surface area contributed by atoms with E-state index in [-0.39, 0.29) is 11.7 Å². The standard InChI is InChI=1S/C13H15F3N6/c14-13(15,16)12-19-18-10-3-4-11(20-22(10)12)21-5-7-1-2-9(17)8(7)6-21/h3-4,7-9H,1-2,5-6,17H2. The van der Waals surface area contributed by atoms with Crippen molar-refractivity contribution in [3.8, 4) is 0 Å². The molecular formula is C13H15F3N6. The summed E-state index contributed by atoms with van der Waals surface area (Å²) in [6, 6.07) is 3.38. The van der Waals surface area contributed by atoms with E-state index in [0.717, 1.165) is 30.4 Å². The van der Waals surface area contributed by atoms with Crippen LogP contribution in [0.2, 0.25) is 0 Å². The third kappa shape index (κ3) is 2.03. The summed E-state index contributed by atoms with van der Waals surface area (Å²) in [5, 5.41) is 10.8. The molecule has 1 saturated heterocycles. The molecule has 6 nitrogen and oxygen atoms in total. The van der Waals surface area contributed by atoms with Crippen LogP contribution in [0.1, 0.15) is 18.7 Å². The lowest BCUT2D eigenvalue weighted by Gasteiger charge is -2.19. The molecule has 0 spiro atoms. The average molecular weight is 312 g/mol. The highest BCUT2D eigenvalue weighted by Gasteiger charge is 2.42. The minimum atomic E-state index is -4.57. The second kappa shape index (κ2) is 4.55. The van der Waals surface area contributed by atoms with E-state index in [4.69, 9.17) is 5.73 Å². The fourth-order valence-corrected chi connectivity index (χ4v) is 3.62. The van der Waals surface area contributed by atoms with Crippen LogP contribution >= 0.6 is 0 Å². The van der Waals surface area contributed by atoms with E-state index in [0.29, 0.717) is 17.7 Å². The monoisotopic (exact) mass is 312 g/mol. The van der Waals surface area contributed by atoms with Crippen molar-refractivity contribution >= 4 is 11.5 Å². The van der Waals surface area contributed by atoms with Crippen LogP contribution in [-0.4, -0.2) is 38.9 Å². The zero-order valence-corrected chi connectivity index (χ0v) is 11.7. The van der Waals surface area contributed by atoms with Crippen LogP contribution in [0.3, 0.4) is 0 Å². The van der Waals surface area contributed by atoms with Crippen molar-refractivity contribution in [2.24, 2.45) is 17.6 Å². The van der Waals surface area contributed by atoms with Gasteiger partial charge in [0, 0.05) is 19.1 Å². The van der Waals surface area contributed by atoms with E-state index in [1.54, 1.807) is 6.07 Å². The lowest BCUT2D eigenvalue weighted by Crippen LogP contribution is -2.30. The minimum Gasteiger partial charge on any atom is -0.355 e. The molecule has 3 unspecified atom stereocenters. The molecule has 2 aromatic heterocycles. The Morgan fingerprint density at radius 2 is 1.95 bits per heavy atom. The number of hydrogen-bond acceptors (Lipinski definition) is 5. The fourth-order valence-electron chi connectivity index (χ4n) is 3.62. The van der Waals surface area contributed by atoms with Crippen molar-refractivity contribution in [3.05, 3.63) is 18.0 Å². The molecule has 0 bridgehead atoms. The summed E-state index contributed by atoms with van der Waals surface area (Å²) in [5.74, 6) is 0.329. The van der Waals surface area contributed by atoms with Crippen molar-refractivity contribution < 1.29 is 13.2 Å². The summed E-state index contributed by atoms with van der Waals surface area (Å²) in [6.07, 6.45) is -2.47. The lowest BCUT2D eigenvalue weighted by molar-refractivity contribution is -0.146. The molecule has 1 aliphatic carbocycles. The predicted molar refractivity (Wildman–Crippen MR) is 72.2 cm³/mol. The van der Waals surface area contributed by atoms with Gasteiger partial charge in [-0.3, -0.25) is 0 Å². The van der Waals surface area contributed by atoms with E-state index in [1.165, 1.54) is 6.07 Å². The Morgan fingerprint density at radius 1 is 1.14 bits per heavy atom. The molecule has 22 heavy (non-hydrogen) atoms. The van der Waals surface area contributed by atoms with Crippen LogP contribution in [-0.2, 0) is 6.18 Å². The first kappa shape index (κ1) is 13.7. The van der Waals surface area contributed by atoms with Gasteiger partial charge in [0.15, 0.2) is 5.65 Å². The normalized spacial score (nSPS) is 28.5. The van der Waals surface area contributed by atoms with Gasteiger partial charge in [0.2, 0.25) is 0 Å². The Kier molecular flexibility index (Phi) is 2.84. The van der Waals surface area contributed by atoms with Crippen LogP contribution in [0.15, 0.2) is 12.1 Å². The van der Waals surface area contributed by atoms with E-state index in [9.17, 15) is 13.2 Å². The molecule has 0 radical (unpaired) electrons. The maximum absolute atomic E-state index is 12.9. The second-order valence-electron chi connectivity index (χ2n) is 6.05. The first-order valence-corrected chi connectivity index (χ1v) is 7.23. The van der Waals surface area contributed by atoms with Crippen LogP contribution in [0.5, 0.6) is 0 Å². The summed E-state index contributed by atoms with van der Waals surface area (Å²) in [7, 11) is 0. The van der Waals surface area contributed by atoms with Crippen molar-refractivity contribution in [1.82, 2.24) is 19.8 Å². The lowest BCUT2D eigenvalue weighted by atomic mass is 9.98. The molecule has 4 rings (SSSR count). The van der Waals surface area contributed by atoms with Crippen molar-refractivity contribution in [1.29, 1.82) is 0 Å². The Morgan fingerprint density at radius 3 is 2.68 bits per heavy atom. The zero-order valence-electron chi connectivity index (χ0n) is 11.7. The first-order chi connectivity index (χ1) is 10.4. The van der Waals surface area contributed by atoms with Crippen LogP contribution in [0.4, 0.5) is 19.0 Å². The topological polar surface area (TPSA) is 72.3 Å². The number of nitrogens with two attached hydrogens (primary N) is 1. The van der Waals surface area contributed by atoms with E-state index in [2.05, 4.69) is 15.3 Å². The number of anilines is 1. The summed E-state index contributed by atoms with van der Waals surface area (Å²) < 4.78 is 39.5. The first-order valence-electron chi connectivity index (χ1n) is 7.23. The summed E-state index contributed by atoms with van der Waals surface area (Å²) in [5.41, 5.74) is 6.18. The Hall–Kier alpha value is -1.90. The molecule has 3 atom stereocenters.